The Morgan fingerprint density at radius 1 is 1.21 bits per heavy atom. The summed E-state index contributed by atoms with van der Waals surface area (Å²) in [6.07, 6.45) is 2.79. The molecule has 0 unspecified atom stereocenters. The Morgan fingerprint density at radius 2 is 1.93 bits per heavy atom. The molecule has 0 radical (unpaired) electrons. The smallest absolute Gasteiger partial charge is 0.340 e. The molecule has 0 fully saturated rings. The maximum atomic E-state index is 12.4. The molecule has 2 atom stereocenters. The molecule has 2 heterocycles. The van der Waals surface area contributed by atoms with E-state index in [0.29, 0.717) is 22.1 Å². The normalized spacial score (nSPS) is 13.5. The maximum absolute atomic E-state index is 12.4. The Labute approximate surface area is 168 Å². The topological polar surface area (TPSA) is 127 Å². The molecule has 3 aromatic rings. The summed E-state index contributed by atoms with van der Waals surface area (Å²) in [6.45, 7) is 3.62. The first kappa shape index (κ1) is 20.8. The predicted octanol–water partition coefficient (Wildman–Crippen LogP) is 2.04. The lowest BCUT2D eigenvalue weighted by Gasteiger charge is -2.14. The SMILES string of the molecule is Cc1coc2cc3oc(=O)c(CC(=O)N[C@@H](CC[S@@](C)=O)C(=O)O)c(C)c3cc12. The fraction of sp³-hybridized carbons (Fsp3) is 0.350. The van der Waals surface area contributed by atoms with Crippen molar-refractivity contribution in [3.8, 4) is 0 Å². The van der Waals surface area contributed by atoms with Crippen LogP contribution in [0.2, 0.25) is 0 Å². The summed E-state index contributed by atoms with van der Waals surface area (Å²) < 4.78 is 22.0. The number of aliphatic carboxylic acids is 1. The van der Waals surface area contributed by atoms with E-state index in [-0.39, 0.29) is 24.2 Å². The second-order valence-corrected chi connectivity index (χ2v) is 8.51. The number of hydrogen-bond acceptors (Lipinski definition) is 6. The van der Waals surface area contributed by atoms with E-state index in [1.165, 1.54) is 6.26 Å². The van der Waals surface area contributed by atoms with Gasteiger partial charge >= 0.3 is 11.6 Å². The number of rotatable bonds is 7. The first-order chi connectivity index (χ1) is 13.7. The molecule has 0 saturated carbocycles. The van der Waals surface area contributed by atoms with Crippen LogP contribution < -0.4 is 10.9 Å². The lowest BCUT2D eigenvalue weighted by Crippen LogP contribution is -2.42. The van der Waals surface area contributed by atoms with Crippen LogP contribution in [0.1, 0.15) is 23.1 Å². The van der Waals surface area contributed by atoms with Crippen molar-refractivity contribution in [3.05, 3.63) is 45.5 Å². The molecule has 0 saturated heterocycles. The third-order valence-electron chi connectivity index (χ3n) is 4.84. The number of benzene rings is 1. The summed E-state index contributed by atoms with van der Waals surface area (Å²) in [7, 11) is -1.18. The molecule has 2 N–H and O–H groups in total. The van der Waals surface area contributed by atoms with Gasteiger partial charge in [-0.1, -0.05) is 0 Å². The quantitative estimate of drug-likeness (QED) is 0.561. The first-order valence-electron chi connectivity index (χ1n) is 8.93. The number of carbonyl (C=O) groups is 2. The van der Waals surface area contributed by atoms with Gasteiger partial charge in [-0.05, 0) is 37.5 Å². The fourth-order valence-electron chi connectivity index (χ4n) is 3.19. The molecule has 0 aliphatic carbocycles. The van der Waals surface area contributed by atoms with Crippen LogP contribution in [-0.2, 0) is 26.8 Å². The third kappa shape index (κ3) is 4.40. The first-order valence-corrected chi connectivity index (χ1v) is 10.7. The minimum absolute atomic E-state index is 0.0350. The van der Waals surface area contributed by atoms with E-state index in [1.807, 2.05) is 13.0 Å². The number of fused-ring (bicyclic) bond motifs is 2. The van der Waals surface area contributed by atoms with E-state index in [0.717, 1.165) is 10.9 Å². The summed E-state index contributed by atoms with van der Waals surface area (Å²) in [5, 5.41) is 13.2. The molecule has 0 aliphatic heterocycles. The molecule has 1 aromatic carbocycles. The van der Waals surface area contributed by atoms with Crippen molar-refractivity contribution in [2.24, 2.45) is 0 Å². The molecule has 154 valence electrons. The lowest BCUT2D eigenvalue weighted by atomic mass is 10.0. The van der Waals surface area contributed by atoms with Crippen molar-refractivity contribution in [1.82, 2.24) is 5.32 Å². The van der Waals surface area contributed by atoms with Crippen LogP contribution in [-0.4, -0.2) is 39.2 Å². The number of nitrogens with one attached hydrogen (secondary N) is 1. The number of hydrogen-bond donors (Lipinski definition) is 2. The highest BCUT2D eigenvalue weighted by atomic mass is 32.2. The van der Waals surface area contributed by atoms with Crippen molar-refractivity contribution in [3.63, 3.8) is 0 Å². The highest BCUT2D eigenvalue weighted by Crippen LogP contribution is 2.28. The second kappa shape index (κ2) is 8.20. The van der Waals surface area contributed by atoms with Crippen LogP contribution in [0.25, 0.3) is 21.9 Å². The van der Waals surface area contributed by atoms with Crippen LogP contribution in [0.5, 0.6) is 0 Å². The van der Waals surface area contributed by atoms with Crippen LogP contribution in [0.4, 0.5) is 0 Å². The Bertz CT molecular complexity index is 1190. The Morgan fingerprint density at radius 3 is 2.59 bits per heavy atom. The molecule has 8 nitrogen and oxygen atoms in total. The van der Waals surface area contributed by atoms with Crippen LogP contribution in [0.3, 0.4) is 0 Å². The van der Waals surface area contributed by atoms with Gasteiger partial charge in [0.05, 0.1) is 18.2 Å². The molecule has 1 amide bonds. The van der Waals surface area contributed by atoms with Crippen molar-refractivity contribution >= 4 is 44.6 Å². The highest BCUT2D eigenvalue weighted by molar-refractivity contribution is 7.84. The van der Waals surface area contributed by atoms with Crippen LogP contribution in [0, 0.1) is 13.8 Å². The summed E-state index contributed by atoms with van der Waals surface area (Å²) in [4.78, 5) is 36.2. The highest BCUT2D eigenvalue weighted by Gasteiger charge is 2.22. The van der Waals surface area contributed by atoms with Crippen LogP contribution in [0.15, 0.2) is 32.0 Å². The number of carboxylic acid groups (broad SMARTS) is 1. The number of carboxylic acids is 1. The van der Waals surface area contributed by atoms with E-state index in [1.54, 1.807) is 19.3 Å². The molecule has 2 aromatic heterocycles. The van der Waals surface area contributed by atoms with Gasteiger partial charge in [0.25, 0.3) is 0 Å². The van der Waals surface area contributed by atoms with Crippen molar-refractivity contribution in [2.45, 2.75) is 32.7 Å². The van der Waals surface area contributed by atoms with Crippen molar-refractivity contribution in [2.75, 3.05) is 12.0 Å². The van der Waals surface area contributed by atoms with Gasteiger partial charge in [0, 0.05) is 39.6 Å². The predicted molar refractivity (Wildman–Crippen MR) is 109 cm³/mol. The van der Waals surface area contributed by atoms with Gasteiger partial charge in [-0.25, -0.2) is 9.59 Å². The molecule has 3 rings (SSSR count). The van der Waals surface area contributed by atoms with E-state index in [9.17, 15) is 23.7 Å². The van der Waals surface area contributed by atoms with Gasteiger partial charge in [-0.15, -0.1) is 0 Å². The van der Waals surface area contributed by atoms with Crippen LogP contribution >= 0.6 is 0 Å². The average Bonchev–Trinajstić information content (AvgIpc) is 3.00. The Balaban J connectivity index is 1.90. The minimum atomic E-state index is -1.22. The average molecular weight is 419 g/mol. The summed E-state index contributed by atoms with van der Waals surface area (Å²) in [5.74, 6) is -1.69. The zero-order chi connectivity index (χ0) is 21.3. The summed E-state index contributed by atoms with van der Waals surface area (Å²) in [5.41, 5.74) is 1.99. The number of aryl methyl sites for hydroxylation is 2. The number of carbonyl (C=O) groups excluding carboxylic acids is 1. The van der Waals surface area contributed by atoms with Gasteiger partial charge in [-0.3, -0.25) is 9.00 Å². The van der Waals surface area contributed by atoms with Gasteiger partial charge in [0.1, 0.15) is 17.2 Å². The van der Waals surface area contributed by atoms with Gasteiger partial charge < -0.3 is 19.3 Å². The lowest BCUT2D eigenvalue weighted by molar-refractivity contribution is -0.141. The summed E-state index contributed by atoms with van der Waals surface area (Å²) >= 11 is 0. The molecular weight excluding hydrogens is 398 g/mol. The molecular formula is C20H21NO7S. The Kier molecular flexibility index (Phi) is 5.88. The second-order valence-electron chi connectivity index (χ2n) is 6.96. The van der Waals surface area contributed by atoms with Crippen molar-refractivity contribution in [1.29, 1.82) is 0 Å². The van der Waals surface area contributed by atoms with Crippen molar-refractivity contribution < 1.29 is 27.7 Å². The van der Waals surface area contributed by atoms with Gasteiger partial charge in [0.15, 0.2) is 0 Å². The number of furan rings is 1. The Hall–Kier alpha value is -2.94. The van der Waals surface area contributed by atoms with E-state index >= 15 is 0 Å². The molecule has 9 heteroatoms. The maximum Gasteiger partial charge on any atom is 0.340 e. The zero-order valence-corrected chi connectivity index (χ0v) is 17.1. The third-order valence-corrected chi connectivity index (χ3v) is 5.65. The molecule has 0 bridgehead atoms. The molecule has 0 spiro atoms. The minimum Gasteiger partial charge on any atom is -0.480 e. The fourth-order valence-corrected chi connectivity index (χ4v) is 3.76. The van der Waals surface area contributed by atoms with E-state index in [4.69, 9.17) is 8.83 Å². The zero-order valence-electron chi connectivity index (χ0n) is 16.2. The monoisotopic (exact) mass is 419 g/mol. The standard InChI is InChI=1S/C20H21NO7S/c1-10-9-27-16-8-17-13(6-12(10)16)11(2)14(20(25)28-17)7-18(22)21-15(19(23)24)4-5-29(3)26/h6,8-9,15H,4-5,7H2,1-3H3,(H,21,22)(H,23,24)/t15-,29+/m0/s1. The largest absolute Gasteiger partial charge is 0.480 e. The molecule has 0 aliphatic rings. The van der Waals surface area contributed by atoms with Gasteiger partial charge in [0.2, 0.25) is 5.91 Å². The number of amides is 1. The summed E-state index contributed by atoms with van der Waals surface area (Å²) in [6, 6.07) is 2.31. The molecule has 29 heavy (non-hydrogen) atoms. The van der Waals surface area contributed by atoms with E-state index < -0.39 is 34.3 Å². The van der Waals surface area contributed by atoms with E-state index in [2.05, 4.69) is 5.32 Å². The van der Waals surface area contributed by atoms with Gasteiger partial charge in [-0.2, -0.15) is 0 Å².